The number of nitrogens with zero attached hydrogens (tertiary/aromatic N) is 1. The maximum Gasteiger partial charge on any atom is 0.263 e. The van der Waals surface area contributed by atoms with E-state index in [1.54, 1.807) is 12.1 Å². The molecule has 1 saturated carbocycles. The first-order chi connectivity index (χ1) is 9.13. The second-order valence-electron chi connectivity index (χ2n) is 4.70. The molecule has 5 heteroatoms. The van der Waals surface area contributed by atoms with Gasteiger partial charge in [-0.15, -0.1) is 0 Å². The summed E-state index contributed by atoms with van der Waals surface area (Å²) in [7, 11) is 1.43. The summed E-state index contributed by atoms with van der Waals surface area (Å²) in [5, 5.41) is 0. The molecule has 1 aromatic carbocycles. The van der Waals surface area contributed by atoms with Crippen molar-refractivity contribution in [2.75, 3.05) is 7.11 Å². The maximum atomic E-state index is 12.7. The van der Waals surface area contributed by atoms with Gasteiger partial charge in [-0.3, -0.25) is 0 Å². The van der Waals surface area contributed by atoms with Crippen LogP contribution in [0.15, 0.2) is 23.2 Å². The number of rotatable bonds is 4. The van der Waals surface area contributed by atoms with E-state index in [1.165, 1.54) is 19.2 Å². The number of methoxy groups -OCH3 is 1. The van der Waals surface area contributed by atoms with Gasteiger partial charge in [-0.25, -0.2) is 13.6 Å². The molecule has 0 bridgehead atoms. The van der Waals surface area contributed by atoms with Crippen molar-refractivity contribution in [1.82, 2.24) is 0 Å². The van der Waals surface area contributed by atoms with E-state index in [0.717, 1.165) is 12.8 Å². The van der Waals surface area contributed by atoms with Gasteiger partial charge in [0.2, 0.25) is 6.08 Å². The van der Waals surface area contributed by atoms with Crippen molar-refractivity contribution in [3.05, 3.63) is 29.3 Å². The van der Waals surface area contributed by atoms with E-state index in [2.05, 4.69) is 4.99 Å². The Balaban J connectivity index is 2.51. The minimum absolute atomic E-state index is 0.0937. The summed E-state index contributed by atoms with van der Waals surface area (Å²) >= 11 is 0. The molecule has 0 saturated heterocycles. The third-order valence-corrected chi connectivity index (χ3v) is 3.67. The van der Waals surface area contributed by atoms with Crippen LogP contribution in [0.1, 0.15) is 43.2 Å². The second-order valence-corrected chi connectivity index (χ2v) is 4.70. The predicted octanol–water partition coefficient (Wildman–Crippen LogP) is 3.74. The van der Waals surface area contributed by atoms with E-state index in [-0.39, 0.29) is 5.56 Å². The van der Waals surface area contributed by atoms with Gasteiger partial charge >= 0.3 is 0 Å². The van der Waals surface area contributed by atoms with Gasteiger partial charge in [0.15, 0.2) is 0 Å². The summed E-state index contributed by atoms with van der Waals surface area (Å²) in [6.07, 6.45) is 2.39. The van der Waals surface area contributed by atoms with Crippen molar-refractivity contribution >= 4 is 6.08 Å². The molecular weight excluding hydrogens is 252 g/mol. The molecule has 1 aliphatic rings. The average molecular weight is 267 g/mol. The Labute approximate surface area is 110 Å². The predicted molar refractivity (Wildman–Crippen MR) is 66.2 cm³/mol. The van der Waals surface area contributed by atoms with Crippen molar-refractivity contribution in [3.8, 4) is 5.75 Å². The Bertz CT molecular complexity index is 504. The molecule has 1 aliphatic carbocycles. The van der Waals surface area contributed by atoms with Crippen molar-refractivity contribution in [3.63, 3.8) is 0 Å². The minimum atomic E-state index is -2.54. The topological polar surface area (TPSA) is 38.7 Å². The number of benzene rings is 1. The van der Waals surface area contributed by atoms with Crippen LogP contribution >= 0.6 is 0 Å². The lowest BCUT2D eigenvalue weighted by Crippen LogP contribution is -2.20. The first kappa shape index (κ1) is 13.7. The smallest absolute Gasteiger partial charge is 0.263 e. The van der Waals surface area contributed by atoms with Crippen LogP contribution in [0.4, 0.5) is 8.78 Å². The maximum absolute atomic E-state index is 12.7. The largest absolute Gasteiger partial charge is 0.496 e. The van der Waals surface area contributed by atoms with Gasteiger partial charge in [-0.2, -0.15) is 4.99 Å². The standard InChI is InChI=1S/C14H15F2NO2/c1-19-12-8-10(13(15)16)4-5-11(12)14(17-9-18)6-2-3-7-14/h4-5,8,13H,2-3,6-7H2,1H3. The monoisotopic (exact) mass is 267 g/mol. The fourth-order valence-electron chi connectivity index (χ4n) is 2.72. The van der Waals surface area contributed by atoms with Crippen LogP contribution in [0.5, 0.6) is 5.75 Å². The van der Waals surface area contributed by atoms with Crippen molar-refractivity contribution in [2.45, 2.75) is 37.6 Å². The number of halogens is 2. The average Bonchev–Trinajstić information content (AvgIpc) is 2.88. The molecule has 1 aromatic rings. The second kappa shape index (κ2) is 5.49. The Morgan fingerprint density at radius 1 is 1.37 bits per heavy atom. The summed E-state index contributed by atoms with van der Waals surface area (Å²) in [4.78, 5) is 14.6. The fraction of sp³-hybridized carbons (Fsp3) is 0.500. The summed E-state index contributed by atoms with van der Waals surface area (Å²) in [6, 6.07) is 4.27. The van der Waals surface area contributed by atoms with Gasteiger partial charge in [0.05, 0.1) is 7.11 Å². The molecule has 0 N–H and O–H groups in total. The highest BCUT2D eigenvalue weighted by Crippen LogP contribution is 2.46. The van der Waals surface area contributed by atoms with E-state index in [0.29, 0.717) is 24.2 Å². The Hall–Kier alpha value is -1.74. The third-order valence-electron chi connectivity index (χ3n) is 3.67. The molecule has 0 amide bonds. The summed E-state index contributed by atoms with van der Waals surface area (Å²) in [5.41, 5.74) is -0.0580. The molecule has 102 valence electrons. The minimum Gasteiger partial charge on any atom is -0.496 e. The first-order valence-electron chi connectivity index (χ1n) is 6.18. The molecule has 0 heterocycles. The van der Waals surface area contributed by atoms with Gasteiger partial charge < -0.3 is 4.74 Å². The lowest BCUT2D eigenvalue weighted by Gasteiger charge is -2.25. The lowest BCUT2D eigenvalue weighted by atomic mass is 9.87. The quantitative estimate of drug-likeness (QED) is 0.615. The van der Waals surface area contributed by atoms with Crippen molar-refractivity contribution in [2.24, 2.45) is 4.99 Å². The van der Waals surface area contributed by atoms with Gasteiger partial charge in [0.1, 0.15) is 11.3 Å². The van der Waals surface area contributed by atoms with E-state index in [1.807, 2.05) is 0 Å². The molecule has 0 aromatic heterocycles. The number of hydrogen-bond donors (Lipinski definition) is 0. The zero-order valence-electron chi connectivity index (χ0n) is 10.7. The molecule has 0 spiro atoms. The number of ether oxygens (including phenoxy) is 1. The van der Waals surface area contributed by atoms with Crippen molar-refractivity contribution in [1.29, 1.82) is 0 Å². The SMILES string of the molecule is COc1cc(C(F)F)ccc1C1(N=C=O)CCCC1. The zero-order chi connectivity index (χ0) is 13.9. The molecule has 0 radical (unpaired) electrons. The van der Waals surface area contributed by atoms with Crippen LogP contribution in [0.25, 0.3) is 0 Å². The molecular formula is C14H15F2NO2. The van der Waals surface area contributed by atoms with Crippen LogP contribution in [-0.2, 0) is 10.3 Å². The Morgan fingerprint density at radius 2 is 2.05 bits per heavy atom. The normalized spacial score (nSPS) is 17.3. The van der Waals surface area contributed by atoms with Gasteiger partial charge in [0.25, 0.3) is 6.43 Å². The van der Waals surface area contributed by atoms with Crippen LogP contribution < -0.4 is 4.74 Å². The molecule has 19 heavy (non-hydrogen) atoms. The number of aliphatic imine (C=N–C) groups is 1. The Morgan fingerprint density at radius 3 is 2.58 bits per heavy atom. The zero-order valence-corrected chi connectivity index (χ0v) is 10.7. The first-order valence-corrected chi connectivity index (χ1v) is 6.18. The van der Waals surface area contributed by atoms with Gasteiger partial charge in [-0.05, 0) is 18.9 Å². The molecule has 1 fully saturated rings. The fourth-order valence-corrected chi connectivity index (χ4v) is 2.72. The molecule has 0 atom stereocenters. The van der Waals surface area contributed by atoms with Crippen LogP contribution in [0, 0.1) is 0 Å². The molecule has 2 rings (SSSR count). The number of alkyl halides is 2. The van der Waals surface area contributed by atoms with E-state index >= 15 is 0 Å². The summed E-state index contributed by atoms with van der Waals surface area (Å²) in [6.45, 7) is 0. The van der Waals surface area contributed by atoms with Crippen molar-refractivity contribution < 1.29 is 18.3 Å². The molecule has 0 aliphatic heterocycles. The highest BCUT2D eigenvalue weighted by Gasteiger charge is 2.38. The highest BCUT2D eigenvalue weighted by molar-refractivity contribution is 5.46. The molecule has 3 nitrogen and oxygen atoms in total. The van der Waals surface area contributed by atoms with Crippen LogP contribution in [-0.4, -0.2) is 13.2 Å². The highest BCUT2D eigenvalue weighted by atomic mass is 19.3. The number of hydrogen-bond acceptors (Lipinski definition) is 3. The van der Waals surface area contributed by atoms with Gasteiger partial charge in [0, 0.05) is 11.1 Å². The summed E-state index contributed by atoms with van der Waals surface area (Å²) < 4.78 is 30.6. The third kappa shape index (κ3) is 2.51. The van der Waals surface area contributed by atoms with E-state index in [9.17, 15) is 13.6 Å². The summed E-state index contributed by atoms with van der Waals surface area (Å²) in [5.74, 6) is 0.360. The van der Waals surface area contributed by atoms with E-state index < -0.39 is 12.0 Å². The molecule has 0 unspecified atom stereocenters. The number of carbonyl (C=O) groups excluding carboxylic acids is 1. The number of isocyanates is 1. The van der Waals surface area contributed by atoms with Crippen LogP contribution in [0.2, 0.25) is 0 Å². The van der Waals surface area contributed by atoms with E-state index in [4.69, 9.17) is 4.74 Å². The Kier molecular flexibility index (Phi) is 3.96. The van der Waals surface area contributed by atoms with Gasteiger partial charge in [-0.1, -0.05) is 25.0 Å². The van der Waals surface area contributed by atoms with Crippen LogP contribution in [0.3, 0.4) is 0 Å². The lowest BCUT2D eigenvalue weighted by molar-refractivity contribution is 0.151.